The van der Waals surface area contributed by atoms with Gasteiger partial charge in [0.2, 0.25) is 5.91 Å². The van der Waals surface area contributed by atoms with Gasteiger partial charge in [0.25, 0.3) is 5.91 Å². The van der Waals surface area contributed by atoms with Crippen LogP contribution in [0.1, 0.15) is 47.9 Å². The molecule has 1 saturated heterocycles. The fourth-order valence-corrected chi connectivity index (χ4v) is 4.27. The van der Waals surface area contributed by atoms with Crippen LogP contribution in [0, 0.1) is 6.92 Å². The van der Waals surface area contributed by atoms with E-state index in [9.17, 15) is 9.59 Å². The molecule has 1 aliphatic heterocycles. The molecule has 0 saturated carbocycles. The number of carbonyl (C=O) groups excluding carboxylic acids is 2. The summed E-state index contributed by atoms with van der Waals surface area (Å²) in [6.45, 7) is 5.39. The number of fused-ring (bicyclic) bond motifs is 1. The molecular weight excluding hydrogens is 404 g/mol. The van der Waals surface area contributed by atoms with Crippen molar-refractivity contribution in [2.45, 2.75) is 45.8 Å². The second-order valence-corrected chi connectivity index (χ2v) is 8.38. The van der Waals surface area contributed by atoms with Gasteiger partial charge < -0.3 is 19.0 Å². The molecule has 0 N–H and O–H groups in total. The summed E-state index contributed by atoms with van der Waals surface area (Å²) in [7, 11) is 1.80. The van der Waals surface area contributed by atoms with Crippen molar-refractivity contribution < 1.29 is 18.7 Å². The summed E-state index contributed by atoms with van der Waals surface area (Å²) in [6.07, 6.45) is 2.55. The number of piperazine rings is 1. The highest BCUT2D eigenvalue weighted by Gasteiger charge is 2.37. The second-order valence-electron chi connectivity index (χ2n) is 8.38. The number of aryl methyl sites for hydroxylation is 1. The predicted octanol–water partition coefficient (Wildman–Crippen LogP) is 4.79. The summed E-state index contributed by atoms with van der Waals surface area (Å²) < 4.78 is 11.9. The molecule has 6 heteroatoms. The highest BCUT2D eigenvalue weighted by Crippen LogP contribution is 2.32. The molecule has 2 amide bonds. The first-order valence-corrected chi connectivity index (χ1v) is 11.3. The van der Waals surface area contributed by atoms with Crippen molar-refractivity contribution in [3.63, 3.8) is 0 Å². The van der Waals surface area contributed by atoms with Gasteiger partial charge >= 0.3 is 0 Å². The smallest absolute Gasteiger partial charge is 0.258 e. The number of nitrogens with zero attached hydrogens (tertiary/aromatic N) is 2. The Kier molecular flexibility index (Phi) is 6.49. The molecule has 1 unspecified atom stereocenters. The zero-order chi connectivity index (χ0) is 22.7. The molecule has 168 valence electrons. The molecule has 0 bridgehead atoms. The fraction of sp³-hybridized carbons (Fsp3) is 0.385. The third-order valence-electron chi connectivity index (χ3n) is 6.10. The van der Waals surface area contributed by atoms with Crippen LogP contribution in [-0.2, 0) is 11.4 Å². The van der Waals surface area contributed by atoms with E-state index in [0.717, 1.165) is 23.8 Å². The molecule has 1 aliphatic rings. The average molecular weight is 435 g/mol. The Hall–Kier alpha value is -3.28. The van der Waals surface area contributed by atoms with E-state index >= 15 is 0 Å². The van der Waals surface area contributed by atoms with Crippen LogP contribution in [0.25, 0.3) is 11.0 Å². The standard InChI is InChI=1S/C26H30N2O4/c1-4-5-11-22-25(29)27(3)14-15-28(22)26(30)24-18(2)32-23-13-12-20(16-21(23)24)31-17-19-9-7-6-8-10-19/h6-10,12-13,16,22H,4-5,11,14-15,17H2,1-3H3. The van der Waals surface area contributed by atoms with Gasteiger partial charge in [-0.1, -0.05) is 50.1 Å². The van der Waals surface area contributed by atoms with Crippen molar-refractivity contribution in [2.24, 2.45) is 0 Å². The van der Waals surface area contributed by atoms with Crippen LogP contribution in [0.15, 0.2) is 52.9 Å². The molecule has 32 heavy (non-hydrogen) atoms. The fourth-order valence-electron chi connectivity index (χ4n) is 4.27. The quantitative estimate of drug-likeness (QED) is 0.536. The molecule has 4 rings (SSSR count). The zero-order valence-electron chi connectivity index (χ0n) is 19.0. The third-order valence-corrected chi connectivity index (χ3v) is 6.10. The van der Waals surface area contributed by atoms with Gasteiger partial charge in [0, 0.05) is 25.5 Å². The van der Waals surface area contributed by atoms with Crippen LogP contribution in [-0.4, -0.2) is 47.8 Å². The van der Waals surface area contributed by atoms with E-state index in [-0.39, 0.29) is 11.8 Å². The van der Waals surface area contributed by atoms with Crippen molar-refractivity contribution >= 4 is 22.8 Å². The number of ether oxygens (including phenoxy) is 1. The van der Waals surface area contributed by atoms with Crippen LogP contribution in [0.4, 0.5) is 0 Å². The number of carbonyl (C=O) groups is 2. The number of amides is 2. The molecule has 2 aromatic carbocycles. The number of rotatable bonds is 7. The minimum atomic E-state index is -0.428. The minimum absolute atomic E-state index is 0.00962. The van der Waals surface area contributed by atoms with Crippen molar-refractivity contribution in [2.75, 3.05) is 20.1 Å². The van der Waals surface area contributed by atoms with Gasteiger partial charge in [-0.2, -0.15) is 0 Å². The molecule has 1 fully saturated rings. The molecule has 6 nitrogen and oxygen atoms in total. The largest absolute Gasteiger partial charge is 0.489 e. The van der Waals surface area contributed by atoms with Crippen LogP contribution < -0.4 is 4.74 Å². The van der Waals surface area contributed by atoms with E-state index < -0.39 is 6.04 Å². The molecule has 2 heterocycles. The van der Waals surface area contributed by atoms with E-state index in [1.807, 2.05) is 48.5 Å². The van der Waals surface area contributed by atoms with E-state index in [4.69, 9.17) is 9.15 Å². The molecule has 1 aromatic heterocycles. The lowest BCUT2D eigenvalue weighted by molar-refractivity contribution is -0.138. The van der Waals surface area contributed by atoms with Gasteiger partial charge in [0.1, 0.15) is 29.7 Å². The molecule has 0 spiro atoms. The Balaban J connectivity index is 1.62. The Labute approximate surface area is 188 Å². The third kappa shape index (κ3) is 4.35. The second kappa shape index (κ2) is 9.47. The summed E-state index contributed by atoms with van der Waals surface area (Å²) in [6, 6.07) is 15.1. The topological polar surface area (TPSA) is 63.0 Å². The Bertz CT molecular complexity index is 1110. The maximum Gasteiger partial charge on any atom is 0.258 e. The molecule has 1 atom stereocenters. The van der Waals surface area contributed by atoms with Gasteiger partial charge in [-0.25, -0.2) is 0 Å². The van der Waals surface area contributed by atoms with Crippen molar-refractivity contribution in [1.29, 1.82) is 0 Å². The Morgan fingerprint density at radius 2 is 1.94 bits per heavy atom. The molecule has 0 radical (unpaired) electrons. The van der Waals surface area contributed by atoms with Crippen molar-refractivity contribution in [3.8, 4) is 5.75 Å². The maximum atomic E-state index is 13.7. The first-order chi connectivity index (χ1) is 15.5. The van der Waals surface area contributed by atoms with E-state index in [1.165, 1.54) is 0 Å². The van der Waals surface area contributed by atoms with Crippen LogP contribution in [0.5, 0.6) is 5.75 Å². The van der Waals surface area contributed by atoms with Gasteiger partial charge in [-0.3, -0.25) is 9.59 Å². The molecule has 0 aliphatic carbocycles. The van der Waals surface area contributed by atoms with Gasteiger partial charge in [-0.15, -0.1) is 0 Å². The molecule has 3 aromatic rings. The summed E-state index contributed by atoms with van der Waals surface area (Å²) in [5, 5.41) is 0.721. The first-order valence-electron chi connectivity index (χ1n) is 11.3. The lowest BCUT2D eigenvalue weighted by atomic mass is 10.0. The number of hydrogen-bond acceptors (Lipinski definition) is 4. The summed E-state index contributed by atoms with van der Waals surface area (Å²) in [4.78, 5) is 29.9. The number of likely N-dealkylation sites (N-methyl/N-ethyl adjacent to an activating group) is 1. The van der Waals surface area contributed by atoms with E-state index in [1.54, 1.807) is 23.8 Å². The minimum Gasteiger partial charge on any atom is -0.489 e. The van der Waals surface area contributed by atoms with Crippen LogP contribution in [0.3, 0.4) is 0 Å². The number of benzene rings is 2. The zero-order valence-corrected chi connectivity index (χ0v) is 19.0. The normalized spacial score (nSPS) is 16.6. The number of furan rings is 1. The van der Waals surface area contributed by atoms with E-state index in [0.29, 0.717) is 48.8 Å². The monoisotopic (exact) mass is 434 g/mol. The number of unbranched alkanes of at least 4 members (excludes halogenated alkanes) is 1. The lowest BCUT2D eigenvalue weighted by Crippen LogP contribution is -2.57. The van der Waals surface area contributed by atoms with Crippen LogP contribution >= 0.6 is 0 Å². The summed E-state index contributed by atoms with van der Waals surface area (Å²) in [5.41, 5.74) is 2.23. The van der Waals surface area contributed by atoms with E-state index in [2.05, 4.69) is 6.92 Å². The first kappa shape index (κ1) is 21.9. The maximum absolute atomic E-state index is 13.7. The van der Waals surface area contributed by atoms with Gasteiger partial charge in [-0.05, 0) is 37.1 Å². The van der Waals surface area contributed by atoms with Gasteiger partial charge in [0.05, 0.1) is 5.56 Å². The predicted molar refractivity (Wildman–Crippen MR) is 124 cm³/mol. The lowest BCUT2D eigenvalue weighted by Gasteiger charge is -2.39. The average Bonchev–Trinajstić information content (AvgIpc) is 3.13. The summed E-state index contributed by atoms with van der Waals surface area (Å²) in [5.74, 6) is 1.10. The SMILES string of the molecule is CCCCC1C(=O)N(C)CCN1C(=O)c1c(C)oc2ccc(OCc3ccccc3)cc12. The Morgan fingerprint density at radius 3 is 2.69 bits per heavy atom. The highest BCUT2D eigenvalue weighted by molar-refractivity contribution is 6.08. The number of hydrogen-bond donors (Lipinski definition) is 0. The summed E-state index contributed by atoms with van der Waals surface area (Å²) >= 11 is 0. The molecular formula is C26H30N2O4. The Morgan fingerprint density at radius 1 is 1.16 bits per heavy atom. The van der Waals surface area contributed by atoms with Crippen molar-refractivity contribution in [3.05, 3.63) is 65.4 Å². The highest BCUT2D eigenvalue weighted by atomic mass is 16.5. The van der Waals surface area contributed by atoms with Crippen molar-refractivity contribution in [1.82, 2.24) is 9.80 Å². The van der Waals surface area contributed by atoms with Crippen LogP contribution in [0.2, 0.25) is 0 Å². The van der Waals surface area contributed by atoms with Gasteiger partial charge in [0.15, 0.2) is 0 Å².